The van der Waals surface area contributed by atoms with Gasteiger partial charge in [0.25, 0.3) is 0 Å². The van der Waals surface area contributed by atoms with E-state index in [1.165, 1.54) is 16.5 Å². The second-order valence-corrected chi connectivity index (χ2v) is 4.04. The zero-order valence-corrected chi connectivity index (χ0v) is 10.3. The van der Waals surface area contributed by atoms with Crippen molar-refractivity contribution in [2.45, 2.75) is 13.3 Å². The van der Waals surface area contributed by atoms with Crippen molar-refractivity contribution >= 4 is 16.5 Å². The van der Waals surface area contributed by atoms with Crippen molar-refractivity contribution in [3.63, 3.8) is 0 Å². The highest BCUT2D eigenvalue weighted by Crippen LogP contribution is 2.18. The van der Waals surface area contributed by atoms with Gasteiger partial charge in [0, 0.05) is 25.4 Å². The Balaban J connectivity index is 1.90. The van der Waals surface area contributed by atoms with E-state index in [0.717, 1.165) is 26.2 Å². The molecule has 1 N–H and O–H groups in total. The molecule has 0 radical (unpaired) electrons. The Morgan fingerprint density at radius 1 is 1.06 bits per heavy atom. The van der Waals surface area contributed by atoms with Crippen LogP contribution in [0.4, 0.5) is 5.69 Å². The Labute approximate surface area is 103 Å². The number of ether oxygens (including phenoxy) is 1. The normalized spacial score (nSPS) is 10.6. The van der Waals surface area contributed by atoms with E-state index in [1.807, 2.05) is 6.92 Å². The lowest BCUT2D eigenvalue weighted by Gasteiger charge is -2.07. The van der Waals surface area contributed by atoms with Crippen molar-refractivity contribution < 1.29 is 4.74 Å². The van der Waals surface area contributed by atoms with Gasteiger partial charge in [-0.15, -0.1) is 0 Å². The summed E-state index contributed by atoms with van der Waals surface area (Å²) >= 11 is 0. The van der Waals surface area contributed by atoms with E-state index in [-0.39, 0.29) is 0 Å². The Bertz CT molecular complexity index is 467. The number of fused-ring (bicyclic) bond motifs is 1. The van der Waals surface area contributed by atoms with Crippen LogP contribution in [0.2, 0.25) is 0 Å². The Hall–Kier alpha value is -1.54. The first-order chi connectivity index (χ1) is 8.40. The second kappa shape index (κ2) is 6.26. The van der Waals surface area contributed by atoms with Gasteiger partial charge in [-0.2, -0.15) is 0 Å². The molecule has 90 valence electrons. The summed E-state index contributed by atoms with van der Waals surface area (Å²) in [7, 11) is 0. The molecule has 2 rings (SSSR count). The van der Waals surface area contributed by atoms with Crippen LogP contribution < -0.4 is 5.32 Å². The fourth-order valence-corrected chi connectivity index (χ4v) is 1.85. The van der Waals surface area contributed by atoms with Gasteiger partial charge in [0.2, 0.25) is 0 Å². The molecule has 0 bridgehead atoms. The van der Waals surface area contributed by atoms with E-state index in [1.54, 1.807) is 0 Å². The average Bonchev–Trinajstić information content (AvgIpc) is 2.38. The van der Waals surface area contributed by atoms with E-state index < -0.39 is 0 Å². The molecule has 0 aliphatic rings. The molecule has 0 saturated heterocycles. The van der Waals surface area contributed by atoms with E-state index in [4.69, 9.17) is 4.74 Å². The highest BCUT2D eigenvalue weighted by molar-refractivity contribution is 5.85. The summed E-state index contributed by atoms with van der Waals surface area (Å²) in [6.07, 6.45) is 1.04. The van der Waals surface area contributed by atoms with Gasteiger partial charge in [0.15, 0.2) is 0 Å². The van der Waals surface area contributed by atoms with Crippen LogP contribution in [0.15, 0.2) is 42.5 Å². The molecular weight excluding hydrogens is 210 g/mol. The molecule has 0 spiro atoms. The molecule has 2 aromatic rings. The summed E-state index contributed by atoms with van der Waals surface area (Å²) in [5.74, 6) is 0. The third-order valence-electron chi connectivity index (χ3n) is 2.75. The van der Waals surface area contributed by atoms with Crippen LogP contribution in [0, 0.1) is 0 Å². The highest BCUT2D eigenvalue weighted by Gasteiger charge is 1.95. The number of anilines is 1. The molecule has 0 aliphatic carbocycles. The quantitative estimate of drug-likeness (QED) is 0.763. The minimum atomic E-state index is 0.802. The van der Waals surface area contributed by atoms with Crippen molar-refractivity contribution in [3.8, 4) is 0 Å². The molecule has 2 aromatic carbocycles. The van der Waals surface area contributed by atoms with Crippen molar-refractivity contribution in [2.24, 2.45) is 0 Å². The molecule has 0 saturated carbocycles. The summed E-state index contributed by atoms with van der Waals surface area (Å²) in [5.41, 5.74) is 1.18. The van der Waals surface area contributed by atoms with Gasteiger partial charge < -0.3 is 10.1 Å². The van der Waals surface area contributed by atoms with Crippen LogP contribution >= 0.6 is 0 Å². The zero-order chi connectivity index (χ0) is 11.9. The van der Waals surface area contributed by atoms with Crippen molar-refractivity contribution in [1.29, 1.82) is 0 Å². The topological polar surface area (TPSA) is 21.3 Å². The largest absolute Gasteiger partial charge is 0.385 e. The molecule has 0 heterocycles. The predicted octanol–water partition coefficient (Wildman–Crippen LogP) is 3.68. The van der Waals surface area contributed by atoms with Gasteiger partial charge in [-0.05, 0) is 36.2 Å². The van der Waals surface area contributed by atoms with E-state index >= 15 is 0 Å². The summed E-state index contributed by atoms with van der Waals surface area (Å²) in [6, 6.07) is 14.9. The van der Waals surface area contributed by atoms with Crippen LogP contribution in [-0.4, -0.2) is 19.8 Å². The lowest BCUT2D eigenvalue weighted by Crippen LogP contribution is -2.05. The van der Waals surface area contributed by atoms with Gasteiger partial charge in [0.05, 0.1) is 0 Å². The van der Waals surface area contributed by atoms with E-state index in [9.17, 15) is 0 Å². The third kappa shape index (κ3) is 3.46. The number of hydrogen-bond acceptors (Lipinski definition) is 2. The third-order valence-corrected chi connectivity index (χ3v) is 2.75. The van der Waals surface area contributed by atoms with Gasteiger partial charge >= 0.3 is 0 Å². The van der Waals surface area contributed by atoms with Crippen LogP contribution in [0.5, 0.6) is 0 Å². The molecule has 2 heteroatoms. The lowest BCUT2D eigenvalue weighted by atomic mass is 10.1. The molecular formula is C15H19NO. The maximum absolute atomic E-state index is 5.30. The molecule has 0 fully saturated rings. The van der Waals surface area contributed by atoms with Gasteiger partial charge in [0.1, 0.15) is 0 Å². The van der Waals surface area contributed by atoms with Gasteiger partial charge in [-0.1, -0.05) is 30.3 Å². The Morgan fingerprint density at radius 2 is 1.88 bits per heavy atom. The minimum Gasteiger partial charge on any atom is -0.385 e. The highest BCUT2D eigenvalue weighted by atomic mass is 16.5. The summed E-state index contributed by atoms with van der Waals surface area (Å²) in [6.45, 7) is 4.61. The average molecular weight is 229 g/mol. The number of rotatable bonds is 6. The zero-order valence-electron chi connectivity index (χ0n) is 10.3. The van der Waals surface area contributed by atoms with Crippen molar-refractivity contribution in [2.75, 3.05) is 25.1 Å². The van der Waals surface area contributed by atoms with Crippen LogP contribution in [0.3, 0.4) is 0 Å². The van der Waals surface area contributed by atoms with Crippen molar-refractivity contribution in [1.82, 2.24) is 0 Å². The first-order valence-corrected chi connectivity index (χ1v) is 6.20. The van der Waals surface area contributed by atoms with Crippen molar-refractivity contribution in [3.05, 3.63) is 42.5 Å². The summed E-state index contributed by atoms with van der Waals surface area (Å²) in [4.78, 5) is 0. The molecule has 0 amide bonds. The predicted molar refractivity (Wildman–Crippen MR) is 73.5 cm³/mol. The molecule has 0 aromatic heterocycles. The van der Waals surface area contributed by atoms with Gasteiger partial charge in [-0.3, -0.25) is 0 Å². The standard InChI is InChI=1S/C15H19NO/c1-2-17-11-5-10-16-15-9-8-13-6-3-4-7-14(13)12-15/h3-4,6-9,12,16H,2,5,10-11H2,1H3. The molecule has 0 atom stereocenters. The second-order valence-electron chi connectivity index (χ2n) is 4.04. The molecule has 17 heavy (non-hydrogen) atoms. The van der Waals surface area contributed by atoms with Gasteiger partial charge in [-0.25, -0.2) is 0 Å². The summed E-state index contributed by atoms with van der Waals surface area (Å²) < 4.78 is 5.30. The van der Waals surface area contributed by atoms with E-state index in [0.29, 0.717) is 0 Å². The molecule has 0 aliphatic heterocycles. The first kappa shape index (κ1) is 11.9. The molecule has 0 unspecified atom stereocenters. The van der Waals surface area contributed by atoms with E-state index in [2.05, 4.69) is 47.8 Å². The Kier molecular flexibility index (Phi) is 4.39. The monoisotopic (exact) mass is 229 g/mol. The number of benzene rings is 2. The van der Waals surface area contributed by atoms with Crippen LogP contribution in [0.25, 0.3) is 10.8 Å². The van der Waals surface area contributed by atoms with Crippen LogP contribution in [-0.2, 0) is 4.74 Å². The lowest BCUT2D eigenvalue weighted by molar-refractivity contribution is 0.147. The fourth-order valence-electron chi connectivity index (χ4n) is 1.85. The Morgan fingerprint density at radius 3 is 2.71 bits per heavy atom. The molecule has 2 nitrogen and oxygen atoms in total. The SMILES string of the molecule is CCOCCCNc1ccc2ccccc2c1. The maximum Gasteiger partial charge on any atom is 0.0482 e. The fraction of sp³-hybridized carbons (Fsp3) is 0.333. The first-order valence-electron chi connectivity index (χ1n) is 6.20. The maximum atomic E-state index is 5.30. The number of nitrogens with one attached hydrogen (secondary N) is 1. The minimum absolute atomic E-state index is 0.802. The summed E-state index contributed by atoms with van der Waals surface area (Å²) in [5, 5.41) is 5.98. The van der Waals surface area contributed by atoms with Crippen LogP contribution in [0.1, 0.15) is 13.3 Å². The smallest absolute Gasteiger partial charge is 0.0482 e. The number of hydrogen-bond donors (Lipinski definition) is 1.